The molecule has 0 aliphatic carbocycles. The Morgan fingerprint density at radius 2 is 2.00 bits per heavy atom. The van der Waals surface area contributed by atoms with E-state index in [2.05, 4.69) is 5.92 Å². The largest absolute Gasteiger partial charge is 0.478 e. The van der Waals surface area contributed by atoms with Crippen LogP contribution in [0, 0.1) is 12.3 Å². The van der Waals surface area contributed by atoms with Gasteiger partial charge in [0.25, 0.3) is 0 Å². The molecule has 0 saturated heterocycles. The van der Waals surface area contributed by atoms with Crippen molar-refractivity contribution in [3.05, 3.63) is 29.8 Å². The summed E-state index contributed by atoms with van der Waals surface area (Å²) in [7, 11) is 1.56. The Kier molecular flexibility index (Phi) is 4.46. The second-order valence-electron chi connectivity index (χ2n) is 3.76. The topological polar surface area (TPSA) is 83.6 Å². The molecular weight excluding hydrogens is 232 g/mol. The highest BCUT2D eigenvalue weighted by atomic mass is 16.4. The number of hydrogen-bond acceptors (Lipinski definition) is 3. The Bertz CT molecular complexity index is 488. The van der Waals surface area contributed by atoms with Crippen molar-refractivity contribution < 1.29 is 14.7 Å². The number of carbonyl (C=O) groups excluding carboxylic acids is 1. The third-order valence-electron chi connectivity index (χ3n) is 2.49. The Balaban J connectivity index is 2.84. The number of aromatic carboxylic acids is 1. The zero-order valence-corrected chi connectivity index (χ0v) is 9.96. The predicted octanol–water partition coefficient (Wildman–Crippen LogP) is 0.698. The van der Waals surface area contributed by atoms with Crippen LogP contribution in [0.1, 0.15) is 16.8 Å². The van der Waals surface area contributed by atoms with E-state index in [4.69, 9.17) is 17.3 Å². The highest BCUT2D eigenvalue weighted by Gasteiger charge is 2.18. The zero-order chi connectivity index (χ0) is 13.7. The van der Waals surface area contributed by atoms with Gasteiger partial charge in [-0.3, -0.25) is 4.79 Å². The second kappa shape index (κ2) is 5.84. The lowest BCUT2D eigenvalue weighted by atomic mass is 10.1. The number of nitrogens with two attached hydrogens (primary N) is 1. The van der Waals surface area contributed by atoms with Crippen molar-refractivity contribution in [2.24, 2.45) is 5.73 Å². The smallest absolute Gasteiger partial charge is 0.335 e. The van der Waals surface area contributed by atoms with E-state index in [0.717, 1.165) is 0 Å². The normalized spacial score (nSPS) is 11.4. The Morgan fingerprint density at radius 3 is 2.44 bits per heavy atom. The van der Waals surface area contributed by atoms with Gasteiger partial charge in [0.2, 0.25) is 5.91 Å². The summed E-state index contributed by atoms with van der Waals surface area (Å²) < 4.78 is 0. The highest BCUT2D eigenvalue weighted by molar-refractivity contribution is 5.97. The van der Waals surface area contributed by atoms with Gasteiger partial charge in [-0.25, -0.2) is 4.79 Å². The molecule has 0 aliphatic rings. The van der Waals surface area contributed by atoms with Gasteiger partial charge >= 0.3 is 5.97 Å². The number of amides is 1. The fraction of sp³-hybridized carbons (Fsp3) is 0.231. The molecule has 94 valence electrons. The van der Waals surface area contributed by atoms with Crippen LogP contribution in [0.15, 0.2) is 24.3 Å². The van der Waals surface area contributed by atoms with Crippen molar-refractivity contribution in [2.45, 2.75) is 12.5 Å². The Hall–Kier alpha value is -2.32. The molecule has 3 N–H and O–H groups in total. The third-order valence-corrected chi connectivity index (χ3v) is 2.49. The summed E-state index contributed by atoms with van der Waals surface area (Å²) in [5.74, 6) is 1.01. The van der Waals surface area contributed by atoms with E-state index in [1.807, 2.05) is 0 Å². The second-order valence-corrected chi connectivity index (χ2v) is 3.76. The van der Waals surface area contributed by atoms with Crippen LogP contribution in [0.4, 0.5) is 5.69 Å². The first-order valence-electron chi connectivity index (χ1n) is 5.27. The maximum absolute atomic E-state index is 11.8. The van der Waals surface area contributed by atoms with Gasteiger partial charge < -0.3 is 15.7 Å². The molecule has 0 radical (unpaired) electrons. The lowest BCUT2D eigenvalue weighted by Gasteiger charge is -2.20. The van der Waals surface area contributed by atoms with E-state index in [0.29, 0.717) is 5.69 Å². The number of anilines is 1. The SMILES string of the molecule is C#CCC(N)C(=O)N(C)c1ccc(C(=O)O)cc1. The van der Waals surface area contributed by atoms with Crippen LogP contribution >= 0.6 is 0 Å². The number of carboxylic acid groups (broad SMARTS) is 1. The number of likely N-dealkylation sites (N-methyl/N-ethyl adjacent to an activating group) is 1. The van der Waals surface area contributed by atoms with Gasteiger partial charge in [0.05, 0.1) is 11.6 Å². The molecule has 5 nitrogen and oxygen atoms in total. The average molecular weight is 246 g/mol. The zero-order valence-electron chi connectivity index (χ0n) is 9.96. The number of carboxylic acids is 1. The first kappa shape index (κ1) is 13.7. The number of benzene rings is 1. The first-order chi connectivity index (χ1) is 8.47. The first-order valence-corrected chi connectivity index (χ1v) is 5.27. The quantitative estimate of drug-likeness (QED) is 0.766. The van der Waals surface area contributed by atoms with Gasteiger partial charge in [-0.15, -0.1) is 12.3 Å². The molecule has 1 amide bonds. The van der Waals surface area contributed by atoms with Crippen molar-refractivity contribution in [3.8, 4) is 12.3 Å². The number of carbonyl (C=O) groups is 2. The minimum absolute atomic E-state index is 0.160. The molecular formula is C13H14N2O3. The maximum Gasteiger partial charge on any atom is 0.335 e. The number of hydrogen-bond donors (Lipinski definition) is 2. The van der Waals surface area contributed by atoms with E-state index in [-0.39, 0.29) is 17.9 Å². The summed E-state index contributed by atoms with van der Waals surface area (Å²) in [5, 5.41) is 8.76. The van der Waals surface area contributed by atoms with E-state index >= 15 is 0 Å². The van der Waals surface area contributed by atoms with E-state index in [1.165, 1.54) is 17.0 Å². The van der Waals surface area contributed by atoms with Crippen LogP contribution in [0.25, 0.3) is 0 Å². The van der Waals surface area contributed by atoms with Crippen LogP contribution in [-0.2, 0) is 4.79 Å². The van der Waals surface area contributed by atoms with Gasteiger partial charge in [0, 0.05) is 19.2 Å². The van der Waals surface area contributed by atoms with Gasteiger partial charge in [-0.1, -0.05) is 0 Å². The number of nitrogens with zero attached hydrogens (tertiary/aromatic N) is 1. The molecule has 0 aliphatic heterocycles. The molecule has 0 heterocycles. The van der Waals surface area contributed by atoms with Crippen LogP contribution in [-0.4, -0.2) is 30.1 Å². The Labute approximate surface area is 105 Å². The summed E-state index contributed by atoms with van der Waals surface area (Å²) in [5.41, 5.74) is 6.34. The molecule has 1 rings (SSSR count). The van der Waals surface area contributed by atoms with Gasteiger partial charge in [0.15, 0.2) is 0 Å². The molecule has 1 unspecified atom stereocenters. The standard InChI is InChI=1S/C13H14N2O3/c1-3-4-11(14)12(16)15(2)10-7-5-9(6-8-10)13(17)18/h1,5-8,11H,4,14H2,2H3,(H,17,18). The minimum atomic E-state index is -1.01. The van der Waals surface area contributed by atoms with Crippen LogP contribution in [0.3, 0.4) is 0 Å². The average Bonchev–Trinajstić information content (AvgIpc) is 2.37. The summed E-state index contributed by atoms with van der Waals surface area (Å²) in [4.78, 5) is 23.9. The molecule has 1 aromatic rings. The van der Waals surface area contributed by atoms with Crippen molar-refractivity contribution in [2.75, 3.05) is 11.9 Å². The van der Waals surface area contributed by atoms with Gasteiger partial charge in [-0.05, 0) is 24.3 Å². The summed E-state index contributed by atoms with van der Waals surface area (Å²) in [6, 6.07) is 5.19. The fourth-order valence-corrected chi connectivity index (χ4v) is 1.42. The van der Waals surface area contributed by atoms with Crippen molar-refractivity contribution >= 4 is 17.6 Å². The van der Waals surface area contributed by atoms with Crippen molar-refractivity contribution in [3.63, 3.8) is 0 Å². The molecule has 18 heavy (non-hydrogen) atoms. The van der Waals surface area contributed by atoms with Gasteiger partial charge in [0.1, 0.15) is 0 Å². The summed E-state index contributed by atoms with van der Waals surface area (Å²) in [6.45, 7) is 0. The van der Waals surface area contributed by atoms with E-state index in [9.17, 15) is 9.59 Å². The molecule has 0 spiro atoms. The van der Waals surface area contributed by atoms with Crippen LogP contribution in [0.5, 0.6) is 0 Å². The van der Waals surface area contributed by atoms with Crippen molar-refractivity contribution in [1.29, 1.82) is 0 Å². The lowest BCUT2D eigenvalue weighted by Crippen LogP contribution is -2.41. The van der Waals surface area contributed by atoms with Crippen LogP contribution in [0.2, 0.25) is 0 Å². The monoisotopic (exact) mass is 246 g/mol. The molecule has 1 aromatic carbocycles. The maximum atomic E-state index is 11.8. The number of rotatable bonds is 4. The molecule has 0 aromatic heterocycles. The van der Waals surface area contributed by atoms with Crippen LogP contribution < -0.4 is 10.6 Å². The third kappa shape index (κ3) is 3.09. The molecule has 1 atom stereocenters. The van der Waals surface area contributed by atoms with Crippen molar-refractivity contribution in [1.82, 2.24) is 0 Å². The summed E-state index contributed by atoms with van der Waals surface area (Å²) >= 11 is 0. The fourth-order valence-electron chi connectivity index (χ4n) is 1.42. The number of terminal acetylenes is 1. The Morgan fingerprint density at radius 1 is 1.44 bits per heavy atom. The molecule has 0 fully saturated rings. The molecule has 5 heteroatoms. The lowest BCUT2D eigenvalue weighted by molar-refractivity contribution is -0.119. The minimum Gasteiger partial charge on any atom is -0.478 e. The summed E-state index contributed by atoms with van der Waals surface area (Å²) in [6.07, 6.45) is 5.26. The van der Waals surface area contributed by atoms with Gasteiger partial charge in [-0.2, -0.15) is 0 Å². The molecule has 0 bridgehead atoms. The highest BCUT2D eigenvalue weighted by Crippen LogP contribution is 2.15. The predicted molar refractivity (Wildman–Crippen MR) is 68.2 cm³/mol. The molecule has 0 saturated carbocycles. The van der Waals surface area contributed by atoms with E-state index in [1.54, 1.807) is 19.2 Å². The van der Waals surface area contributed by atoms with E-state index < -0.39 is 12.0 Å².